The Hall–Kier alpha value is -3.27. The van der Waals surface area contributed by atoms with Crippen LogP contribution in [0.2, 0.25) is 0 Å². The lowest BCUT2D eigenvalue weighted by Gasteiger charge is -2.32. The zero-order valence-corrected chi connectivity index (χ0v) is 17.9. The van der Waals surface area contributed by atoms with Crippen molar-refractivity contribution in [2.45, 2.75) is 32.2 Å². The molecule has 0 saturated carbocycles. The molecule has 10 heteroatoms. The second-order valence-corrected chi connectivity index (χ2v) is 8.46. The summed E-state index contributed by atoms with van der Waals surface area (Å²) in [4.78, 5) is 31.1. The summed E-state index contributed by atoms with van der Waals surface area (Å²) >= 11 is 1.55. The molecule has 3 heterocycles. The predicted molar refractivity (Wildman–Crippen MR) is 117 cm³/mol. The van der Waals surface area contributed by atoms with E-state index in [1.807, 2.05) is 17.2 Å². The van der Waals surface area contributed by atoms with Crippen LogP contribution in [0.4, 0.5) is 20.7 Å². The zero-order chi connectivity index (χ0) is 21.8. The average Bonchev–Trinajstić information content (AvgIpc) is 3.36. The second-order valence-electron chi connectivity index (χ2n) is 7.40. The molecule has 0 aliphatic carbocycles. The van der Waals surface area contributed by atoms with E-state index in [4.69, 9.17) is 0 Å². The molecule has 3 aromatic rings. The number of urea groups is 1. The molecule has 2 aromatic heterocycles. The van der Waals surface area contributed by atoms with Gasteiger partial charge in [-0.25, -0.2) is 18.9 Å². The minimum absolute atomic E-state index is 0.0741. The van der Waals surface area contributed by atoms with Crippen molar-refractivity contribution in [2.24, 2.45) is 0 Å². The molecule has 8 nitrogen and oxygen atoms in total. The minimum atomic E-state index is -0.474. The van der Waals surface area contributed by atoms with E-state index in [0.717, 1.165) is 23.5 Å². The number of anilines is 2. The molecule has 162 valence electrons. The fourth-order valence-electron chi connectivity index (χ4n) is 3.67. The summed E-state index contributed by atoms with van der Waals surface area (Å²) in [7, 11) is 0. The fraction of sp³-hybridized carbons (Fsp3) is 0.333. The molecule has 4 rings (SSSR count). The first-order valence-corrected chi connectivity index (χ1v) is 10.9. The van der Waals surface area contributed by atoms with E-state index in [1.54, 1.807) is 34.3 Å². The quantitative estimate of drug-likeness (QED) is 0.628. The van der Waals surface area contributed by atoms with Crippen molar-refractivity contribution in [3.63, 3.8) is 0 Å². The summed E-state index contributed by atoms with van der Waals surface area (Å²) in [6.07, 6.45) is 3.43. The van der Waals surface area contributed by atoms with Gasteiger partial charge in [0.25, 0.3) is 0 Å². The van der Waals surface area contributed by atoms with E-state index in [2.05, 4.69) is 20.7 Å². The van der Waals surface area contributed by atoms with Crippen molar-refractivity contribution in [3.8, 4) is 0 Å². The number of hydrogen-bond donors (Lipinski definition) is 2. The molecular weight excluding hydrogens is 419 g/mol. The average molecular weight is 443 g/mol. The highest BCUT2D eigenvalue weighted by molar-refractivity contribution is 7.09. The van der Waals surface area contributed by atoms with Gasteiger partial charge in [0, 0.05) is 30.2 Å². The number of rotatable bonds is 5. The summed E-state index contributed by atoms with van der Waals surface area (Å²) < 4.78 is 15.1. The molecule has 2 N–H and O–H groups in total. The van der Waals surface area contributed by atoms with Crippen molar-refractivity contribution >= 4 is 34.8 Å². The van der Waals surface area contributed by atoms with Crippen LogP contribution in [-0.4, -0.2) is 44.7 Å². The van der Waals surface area contributed by atoms with E-state index in [0.29, 0.717) is 31.0 Å². The van der Waals surface area contributed by atoms with Gasteiger partial charge in [0.05, 0.1) is 29.4 Å². The number of nitrogens with one attached hydrogen (secondary N) is 2. The summed E-state index contributed by atoms with van der Waals surface area (Å²) in [6.45, 7) is 3.18. The summed E-state index contributed by atoms with van der Waals surface area (Å²) in [5, 5.41) is 12.6. The second kappa shape index (κ2) is 9.25. The lowest BCUT2D eigenvalue weighted by atomic mass is 10.0. The zero-order valence-electron chi connectivity index (χ0n) is 17.0. The van der Waals surface area contributed by atoms with Crippen LogP contribution in [0, 0.1) is 12.7 Å². The molecule has 0 unspecified atom stereocenters. The third-order valence-corrected chi connectivity index (χ3v) is 5.98. The van der Waals surface area contributed by atoms with Crippen molar-refractivity contribution in [1.29, 1.82) is 0 Å². The Labute approximate surface area is 183 Å². The van der Waals surface area contributed by atoms with E-state index in [-0.39, 0.29) is 11.9 Å². The van der Waals surface area contributed by atoms with Gasteiger partial charge in [-0.1, -0.05) is 6.07 Å². The summed E-state index contributed by atoms with van der Waals surface area (Å²) in [5.41, 5.74) is 1.18. The Balaban J connectivity index is 1.32. The predicted octanol–water partition coefficient (Wildman–Crippen LogP) is 3.84. The number of benzene rings is 1. The van der Waals surface area contributed by atoms with Gasteiger partial charge in [-0.2, -0.15) is 5.10 Å². The molecule has 0 radical (unpaired) electrons. The van der Waals surface area contributed by atoms with Crippen LogP contribution >= 0.6 is 11.3 Å². The number of likely N-dealkylation sites (tertiary alicyclic amines) is 1. The van der Waals surface area contributed by atoms with Crippen molar-refractivity contribution in [2.75, 3.05) is 23.7 Å². The van der Waals surface area contributed by atoms with Crippen LogP contribution in [-0.2, 0) is 11.2 Å². The number of aryl methyl sites for hydroxylation is 1. The molecule has 0 atom stereocenters. The molecule has 1 aliphatic heterocycles. The number of piperidine rings is 1. The molecular formula is C21H23FN6O2S. The van der Waals surface area contributed by atoms with Crippen LogP contribution in [0.25, 0.3) is 0 Å². The lowest BCUT2D eigenvalue weighted by molar-refractivity contribution is -0.131. The summed E-state index contributed by atoms with van der Waals surface area (Å²) in [5.74, 6) is 0.211. The van der Waals surface area contributed by atoms with Crippen LogP contribution in [0.3, 0.4) is 0 Å². The van der Waals surface area contributed by atoms with E-state index >= 15 is 0 Å². The molecule has 0 bridgehead atoms. The van der Waals surface area contributed by atoms with Crippen molar-refractivity contribution in [1.82, 2.24) is 19.7 Å². The number of aromatic nitrogens is 3. The maximum Gasteiger partial charge on any atom is 0.324 e. The highest BCUT2D eigenvalue weighted by Gasteiger charge is 2.26. The largest absolute Gasteiger partial charge is 0.342 e. The molecule has 0 spiro atoms. The van der Waals surface area contributed by atoms with Crippen LogP contribution in [0.5, 0.6) is 0 Å². The Morgan fingerprint density at radius 1 is 1.23 bits per heavy atom. The maximum absolute atomic E-state index is 13.3. The van der Waals surface area contributed by atoms with Crippen LogP contribution in [0.1, 0.15) is 29.6 Å². The van der Waals surface area contributed by atoms with Gasteiger partial charge in [0.15, 0.2) is 0 Å². The van der Waals surface area contributed by atoms with Gasteiger partial charge in [0.1, 0.15) is 11.6 Å². The Kier molecular flexibility index (Phi) is 6.26. The number of hydrogen-bond acceptors (Lipinski definition) is 5. The van der Waals surface area contributed by atoms with E-state index in [9.17, 15) is 14.0 Å². The third-order valence-electron chi connectivity index (χ3n) is 5.16. The third kappa shape index (κ3) is 5.26. The smallest absolute Gasteiger partial charge is 0.324 e. The number of carbonyl (C=O) groups is 2. The number of halogens is 1. The number of amides is 3. The van der Waals surface area contributed by atoms with Gasteiger partial charge in [-0.3, -0.25) is 10.1 Å². The van der Waals surface area contributed by atoms with Gasteiger partial charge in [0.2, 0.25) is 5.91 Å². The van der Waals surface area contributed by atoms with Crippen molar-refractivity contribution in [3.05, 3.63) is 58.4 Å². The van der Waals surface area contributed by atoms with Crippen molar-refractivity contribution < 1.29 is 14.0 Å². The monoisotopic (exact) mass is 442 g/mol. The molecule has 3 amide bonds. The van der Waals surface area contributed by atoms with Gasteiger partial charge < -0.3 is 10.2 Å². The Bertz CT molecular complexity index is 1070. The number of thiazole rings is 1. The molecule has 1 saturated heterocycles. The van der Waals surface area contributed by atoms with E-state index < -0.39 is 11.8 Å². The first kappa shape index (κ1) is 21.0. The van der Waals surface area contributed by atoms with E-state index in [1.165, 1.54) is 18.2 Å². The van der Waals surface area contributed by atoms with Gasteiger partial charge >= 0.3 is 6.03 Å². The first-order valence-electron chi connectivity index (χ1n) is 10.0. The molecule has 31 heavy (non-hydrogen) atoms. The fourth-order valence-corrected chi connectivity index (χ4v) is 4.28. The van der Waals surface area contributed by atoms with Crippen LogP contribution < -0.4 is 10.6 Å². The maximum atomic E-state index is 13.3. The normalized spacial score (nSPS) is 14.5. The molecule has 1 aliphatic rings. The minimum Gasteiger partial charge on any atom is -0.342 e. The van der Waals surface area contributed by atoms with Gasteiger partial charge in [-0.15, -0.1) is 11.3 Å². The SMILES string of the molecule is Cc1nc(CC(=O)N2CCC(n3nccc3NC(=O)Nc3cccc(F)c3)CC2)cs1. The number of nitrogens with zero attached hydrogens (tertiary/aromatic N) is 4. The van der Waals surface area contributed by atoms with Gasteiger partial charge in [-0.05, 0) is 38.0 Å². The topological polar surface area (TPSA) is 92.2 Å². The first-order chi connectivity index (χ1) is 15.0. The molecule has 1 fully saturated rings. The highest BCUT2D eigenvalue weighted by Crippen LogP contribution is 2.26. The molecule has 1 aromatic carbocycles. The van der Waals surface area contributed by atoms with Crippen LogP contribution in [0.15, 0.2) is 41.9 Å². The lowest BCUT2D eigenvalue weighted by Crippen LogP contribution is -2.40. The number of carbonyl (C=O) groups excluding carboxylic acids is 2. The Morgan fingerprint density at radius 3 is 2.74 bits per heavy atom. The Morgan fingerprint density at radius 2 is 2.03 bits per heavy atom. The summed E-state index contributed by atoms with van der Waals surface area (Å²) in [6, 6.07) is 7.01. The highest BCUT2D eigenvalue weighted by atomic mass is 32.1. The standard InChI is InChI=1S/C21H23FN6O2S/c1-14-24-17(13-31-14)12-20(29)27-9-6-18(7-10-27)28-19(5-8-23-28)26-21(30)25-16-4-2-3-15(22)11-16/h2-5,8,11,13,18H,6-7,9-10,12H2,1H3,(H2,25,26,30).